The normalized spacial score (nSPS) is 19.2. The van der Waals surface area contributed by atoms with Crippen molar-refractivity contribution in [1.29, 1.82) is 0 Å². The van der Waals surface area contributed by atoms with Crippen LogP contribution in [0.3, 0.4) is 0 Å². The van der Waals surface area contributed by atoms with Crippen LogP contribution in [-0.2, 0) is 0 Å². The molecule has 1 aromatic heterocycles. The summed E-state index contributed by atoms with van der Waals surface area (Å²) in [5, 5.41) is 8.17. The standard InChI is InChI=1S/C10H13IN2OS.ClH/c11-9-3-8(6-15-9)10(14)13-5-7-1-2-12-4-7;/h3,6-7,12H,1-2,4-5H2,(H,13,14);1H. The average molecular weight is 373 g/mol. The summed E-state index contributed by atoms with van der Waals surface area (Å²) in [5.41, 5.74) is 0.787. The second kappa shape index (κ2) is 6.78. The van der Waals surface area contributed by atoms with Gasteiger partial charge < -0.3 is 10.6 Å². The predicted molar refractivity (Wildman–Crippen MR) is 77.6 cm³/mol. The van der Waals surface area contributed by atoms with Gasteiger partial charge in [-0.1, -0.05) is 0 Å². The number of carbonyl (C=O) groups excluding carboxylic acids is 1. The highest BCUT2D eigenvalue weighted by Crippen LogP contribution is 2.16. The van der Waals surface area contributed by atoms with Crippen LogP contribution in [-0.4, -0.2) is 25.5 Å². The minimum Gasteiger partial charge on any atom is -0.352 e. The second-order valence-corrected chi connectivity index (χ2v) is 6.51. The van der Waals surface area contributed by atoms with E-state index in [-0.39, 0.29) is 18.3 Å². The van der Waals surface area contributed by atoms with Gasteiger partial charge in [-0.15, -0.1) is 23.7 Å². The minimum atomic E-state index is 0. The average Bonchev–Trinajstić information content (AvgIpc) is 2.84. The van der Waals surface area contributed by atoms with E-state index in [4.69, 9.17) is 0 Å². The van der Waals surface area contributed by atoms with Crippen molar-refractivity contribution in [2.45, 2.75) is 6.42 Å². The van der Waals surface area contributed by atoms with Crippen LogP contribution in [0.1, 0.15) is 16.8 Å². The predicted octanol–water partition coefficient (Wildman–Crippen LogP) is 2.11. The van der Waals surface area contributed by atoms with E-state index in [9.17, 15) is 4.79 Å². The Balaban J connectivity index is 0.00000128. The minimum absolute atomic E-state index is 0. The van der Waals surface area contributed by atoms with Gasteiger partial charge in [0.05, 0.1) is 8.45 Å². The zero-order valence-corrected chi connectivity index (χ0v) is 12.5. The van der Waals surface area contributed by atoms with Crippen LogP contribution in [0, 0.1) is 8.80 Å². The Bertz CT molecular complexity index is 352. The first kappa shape index (κ1) is 14.2. The molecule has 1 atom stereocenters. The van der Waals surface area contributed by atoms with Gasteiger partial charge in [0.15, 0.2) is 0 Å². The van der Waals surface area contributed by atoms with Gasteiger partial charge in [-0.3, -0.25) is 4.79 Å². The maximum Gasteiger partial charge on any atom is 0.252 e. The lowest BCUT2D eigenvalue weighted by Gasteiger charge is -2.08. The van der Waals surface area contributed by atoms with Crippen LogP contribution in [0.4, 0.5) is 0 Å². The van der Waals surface area contributed by atoms with Crippen molar-refractivity contribution in [2.75, 3.05) is 19.6 Å². The van der Waals surface area contributed by atoms with Gasteiger partial charge in [-0.25, -0.2) is 0 Å². The molecule has 1 fully saturated rings. The van der Waals surface area contributed by atoms with Crippen molar-refractivity contribution in [3.8, 4) is 0 Å². The lowest BCUT2D eigenvalue weighted by atomic mass is 10.1. The van der Waals surface area contributed by atoms with E-state index in [0.717, 1.165) is 28.1 Å². The molecule has 3 nitrogen and oxygen atoms in total. The summed E-state index contributed by atoms with van der Waals surface area (Å²) in [6, 6.07) is 1.92. The van der Waals surface area contributed by atoms with Crippen molar-refractivity contribution in [2.24, 2.45) is 5.92 Å². The zero-order valence-electron chi connectivity index (χ0n) is 8.66. The molecule has 2 N–H and O–H groups in total. The molecular weight excluding hydrogens is 359 g/mol. The molecule has 0 radical (unpaired) electrons. The summed E-state index contributed by atoms with van der Waals surface area (Å²) in [7, 11) is 0. The number of hydrogen-bond acceptors (Lipinski definition) is 3. The number of nitrogens with one attached hydrogen (secondary N) is 2. The molecule has 0 saturated carbocycles. The fraction of sp³-hybridized carbons (Fsp3) is 0.500. The van der Waals surface area contributed by atoms with Gasteiger partial charge in [0.25, 0.3) is 5.91 Å². The number of rotatable bonds is 3. The zero-order chi connectivity index (χ0) is 10.7. The maximum absolute atomic E-state index is 11.7. The third-order valence-electron chi connectivity index (χ3n) is 2.54. The van der Waals surface area contributed by atoms with E-state index in [2.05, 4.69) is 33.2 Å². The molecule has 6 heteroatoms. The molecule has 1 aromatic rings. The number of thiophene rings is 1. The van der Waals surface area contributed by atoms with Crippen LogP contribution in [0.2, 0.25) is 0 Å². The van der Waals surface area contributed by atoms with Crippen LogP contribution in [0.15, 0.2) is 11.4 Å². The summed E-state index contributed by atoms with van der Waals surface area (Å²) >= 11 is 3.83. The van der Waals surface area contributed by atoms with Crippen molar-refractivity contribution in [1.82, 2.24) is 10.6 Å². The summed E-state index contributed by atoms with van der Waals surface area (Å²) in [6.07, 6.45) is 1.17. The number of amides is 1. The van der Waals surface area contributed by atoms with E-state index >= 15 is 0 Å². The second-order valence-electron chi connectivity index (χ2n) is 3.71. The largest absolute Gasteiger partial charge is 0.352 e. The van der Waals surface area contributed by atoms with E-state index in [1.807, 2.05) is 11.4 Å². The monoisotopic (exact) mass is 372 g/mol. The molecule has 90 valence electrons. The molecule has 1 aliphatic rings. The van der Waals surface area contributed by atoms with Crippen molar-refractivity contribution in [3.05, 3.63) is 19.9 Å². The summed E-state index contributed by atoms with van der Waals surface area (Å²) in [4.78, 5) is 11.7. The van der Waals surface area contributed by atoms with Gasteiger partial charge in [0.1, 0.15) is 0 Å². The van der Waals surface area contributed by atoms with Gasteiger partial charge in [-0.05, 0) is 54.1 Å². The number of carbonyl (C=O) groups is 1. The molecule has 16 heavy (non-hydrogen) atoms. The van der Waals surface area contributed by atoms with Crippen LogP contribution in [0.5, 0.6) is 0 Å². The lowest BCUT2D eigenvalue weighted by molar-refractivity contribution is 0.0948. The molecule has 1 amide bonds. The topological polar surface area (TPSA) is 41.1 Å². The Kier molecular flexibility index (Phi) is 6.02. The SMILES string of the molecule is Cl.O=C(NCC1CCNC1)c1csc(I)c1. The highest BCUT2D eigenvalue weighted by Gasteiger charge is 2.15. The van der Waals surface area contributed by atoms with E-state index < -0.39 is 0 Å². The Morgan fingerprint density at radius 2 is 2.50 bits per heavy atom. The van der Waals surface area contributed by atoms with E-state index in [0.29, 0.717) is 5.92 Å². The van der Waals surface area contributed by atoms with Crippen molar-refractivity contribution in [3.63, 3.8) is 0 Å². The first-order valence-corrected chi connectivity index (χ1v) is 6.94. The quantitative estimate of drug-likeness (QED) is 0.798. The third kappa shape index (κ3) is 3.87. The summed E-state index contributed by atoms with van der Waals surface area (Å²) < 4.78 is 1.15. The van der Waals surface area contributed by atoms with Gasteiger partial charge in [0.2, 0.25) is 0 Å². The molecule has 0 aromatic carbocycles. The molecular formula is C10H14ClIN2OS. The number of halogens is 2. The molecule has 1 unspecified atom stereocenters. The molecule has 0 spiro atoms. The summed E-state index contributed by atoms with van der Waals surface area (Å²) in [6.45, 7) is 2.90. The fourth-order valence-corrected chi connectivity index (χ4v) is 2.98. The first-order valence-electron chi connectivity index (χ1n) is 4.98. The van der Waals surface area contributed by atoms with Gasteiger partial charge >= 0.3 is 0 Å². The van der Waals surface area contributed by atoms with Crippen molar-refractivity contribution < 1.29 is 4.79 Å². The van der Waals surface area contributed by atoms with Crippen LogP contribution >= 0.6 is 46.3 Å². The molecule has 1 saturated heterocycles. The Hall–Kier alpha value is 0.150. The van der Waals surface area contributed by atoms with E-state index in [1.165, 1.54) is 6.42 Å². The van der Waals surface area contributed by atoms with Crippen molar-refractivity contribution >= 4 is 52.2 Å². The van der Waals surface area contributed by atoms with Crippen LogP contribution < -0.4 is 10.6 Å². The Morgan fingerprint density at radius 1 is 1.69 bits per heavy atom. The smallest absolute Gasteiger partial charge is 0.252 e. The Morgan fingerprint density at radius 3 is 3.06 bits per heavy atom. The molecule has 0 aliphatic carbocycles. The first-order chi connectivity index (χ1) is 7.25. The Labute approximate surface area is 119 Å². The fourth-order valence-electron chi connectivity index (χ4n) is 1.66. The summed E-state index contributed by atoms with van der Waals surface area (Å²) in [5.74, 6) is 0.660. The van der Waals surface area contributed by atoms with Crippen LogP contribution in [0.25, 0.3) is 0 Å². The molecule has 2 heterocycles. The van der Waals surface area contributed by atoms with E-state index in [1.54, 1.807) is 11.3 Å². The number of hydrogen-bond donors (Lipinski definition) is 2. The maximum atomic E-state index is 11.7. The third-order valence-corrected chi connectivity index (χ3v) is 4.33. The van der Waals surface area contributed by atoms with Gasteiger partial charge in [-0.2, -0.15) is 0 Å². The lowest BCUT2D eigenvalue weighted by Crippen LogP contribution is -2.29. The molecule has 2 rings (SSSR count). The highest BCUT2D eigenvalue weighted by molar-refractivity contribution is 14.1. The highest BCUT2D eigenvalue weighted by atomic mass is 127. The molecule has 1 aliphatic heterocycles. The van der Waals surface area contributed by atoms with Gasteiger partial charge in [0, 0.05) is 11.9 Å². The molecule has 0 bridgehead atoms.